The first-order valence-electron chi connectivity index (χ1n) is 5.81. The van der Waals surface area contributed by atoms with Gasteiger partial charge in [-0.2, -0.15) is 0 Å². The fraction of sp³-hybridized carbons (Fsp3) is 0.500. The summed E-state index contributed by atoms with van der Waals surface area (Å²) < 4.78 is 19.2. The molecule has 0 bridgehead atoms. The van der Waals surface area contributed by atoms with Crippen molar-refractivity contribution in [1.82, 2.24) is 0 Å². The lowest BCUT2D eigenvalue weighted by molar-refractivity contribution is 0.161. The Kier molecular flexibility index (Phi) is 3.82. The van der Waals surface area contributed by atoms with E-state index in [0.29, 0.717) is 23.9 Å². The minimum absolute atomic E-state index is 0.0607. The lowest BCUT2D eigenvalue weighted by Gasteiger charge is -2.22. The highest BCUT2D eigenvalue weighted by Crippen LogP contribution is 2.38. The van der Waals surface area contributed by atoms with Crippen LogP contribution in [-0.2, 0) is 4.74 Å². The Morgan fingerprint density at radius 3 is 2.89 bits per heavy atom. The number of methoxy groups -OCH3 is 1. The Balaban J connectivity index is 2.27. The van der Waals surface area contributed by atoms with Crippen LogP contribution in [-0.4, -0.2) is 26.8 Å². The topological polar surface area (TPSA) is 64.5 Å². The second-order valence-electron chi connectivity index (χ2n) is 4.59. The number of nitrogen functional groups attached to an aromatic ring is 2. The first kappa shape index (κ1) is 13.2. The number of hydrogen-bond donors (Lipinski definition) is 2. The fourth-order valence-corrected chi connectivity index (χ4v) is 2.53. The van der Waals surface area contributed by atoms with Crippen molar-refractivity contribution in [1.29, 1.82) is 0 Å². The van der Waals surface area contributed by atoms with E-state index in [-0.39, 0.29) is 10.7 Å². The van der Waals surface area contributed by atoms with Gasteiger partial charge in [0.25, 0.3) is 0 Å². The minimum atomic E-state index is -0.535. The SMILES string of the molecule is COCC1CCN(c2c(N)cc(N)c(Cl)c2F)C1. The number of rotatable bonds is 3. The third-order valence-electron chi connectivity index (χ3n) is 3.24. The average Bonchev–Trinajstić information content (AvgIpc) is 2.75. The van der Waals surface area contributed by atoms with Crippen molar-refractivity contribution in [3.8, 4) is 0 Å². The minimum Gasteiger partial charge on any atom is -0.397 e. The molecule has 1 unspecified atom stereocenters. The molecule has 2 rings (SSSR count). The monoisotopic (exact) mass is 273 g/mol. The van der Waals surface area contributed by atoms with E-state index in [9.17, 15) is 4.39 Å². The number of nitrogens with zero attached hydrogens (tertiary/aromatic N) is 1. The molecule has 0 amide bonds. The number of benzene rings is 1. The van der Waals surface area contributed by atoms with E-state index in [4.69, 9.17) is 27.8 Å². The molecule has 0 aromatic heterocycles. The van der Waals surface area contributed by atoms with Crippen molar-refractivity contribution >= 4 is 28.7 Å². The van der Waals surface area contributed by atoms with Gasteiger partial charge in [0, 0.05) is 26.1 Å². The van der Waals surface area contributed by atoms with E-state index in [0.717, 1.165) is 19.5 Å². The third-order valence-corrected chi connectivity index (χ3v) is 3.63. The predicted octanol–water partition coefficient (Wildman–Crippen LogP) is 2.12. The summed E-state index contributed by atoms with van der Waals surface area (Å²) in [6, 6.07) is 1.50. The molecule has 1 aromatic rings. The van der Waals surface area contributed by atoms with Gasteiger partial charge in [0.1, 0.15) is 5.02 Å². The van der Waals surface area contributed by atoms with E-state index < -0.39 is 5.82 Å². The van der Waals surface area contributed by atoms with E-state index in [1.165, 1.54) is 6.07 Å². The molecule has 18 heavy (non-hydrogen) atoms. The quantitative estimate of drug-likeness (QED) is 0.828. The number of anilines is 3. The van der Waals surface area contributed by atoms with E-state index in [2.05, 4.69) is 0 Å². The maximum atomic E-state index is 14.1. The number of ether oxygens (including phenoxy) is 1. The van der Waals surface area contributed by atoms with Gasteiger partial charge in [-0.3, -0.25) is 0 Å². The van der Waals surface area contributed by atoms with Crippen LogP contribution in [0.3, 0.4) is 0 Å². The predicted molar refractivity (Wildman–Crippen MR) is 72.4 cm³/mol. The van der Waals surface area contributed by atoms with E-state index in [1.807, 2.05) is 4.90 Å². The molecular weight excluding hydrogens is 257 g/mol. The molecule has 0 radical (unpaired) electrons. The summed E-state index contributed by atoms with van der Waals surface area (Å²) in [5, 5.41) is -0.0607. The molecule has 4 N–H and O–H groups in total. The van der Waals surface area contributed by atoms with Crippen LogP contribution in [0.2, 0.25) is 5.02 Å². The summed E-state index contributed by atoms with van der Waals surface area (Å²) in [6.45, 7) is 2.13. The Morgan fingerprint density at radius 2 is 2.22 bits per heavy atom. The van der Waals surface area contributed by atoms with Crippen LogP contribution in [0.15, 0.2) is 6.07 Å². The van der Waals surface area contributed by atoms with Crippen molar-refractivity contribution in [2.45, 2.75) is 6.42 Å². The van der Waals surface area contributed by atoms with Gasteiger partial charge < -0.3 is 21.1 Å². The number of nitrogens with two attached hydrogens (primary N) is 2. The van der Waals surface area contributed by atoms with E-state index >= 15 is 0 Å². The van der Waals surface area contributed by atoms with Gasteiger partial charge in [-0.15, -0.1) is 0 Å². The highest BCUT2D eigenvalue weighted by molar-refractivity contribution is 6.33. The zero-order chi connectivity index (χ0) is 13.3. The van der Waals surface area contributed by atoms with Crippen molar-refractivity contribution in [3.63, 3.8) is 0 Å². The average molecular weight is 274 g/mol. The summed E-state index contributed by atoms with van der Waals surface area (Å²) >= 11 is 5.82. The summed E-state index contributed by atoms with van der Waals surface area (Å²) in [4.78, 5) is 1.90. The molecule has 0 saturated carbocycles. The number of hydrogen-bond acceptors (Lipinski definition) is 4. The standard InChI is InChI=1S/C12H17ClFN3O/c1-18-6-7-2-3-17(5-7)12-9(16)4-8(15)10(13)11(12)14/h4,7H,2-3,5-6,15-16H2,1H3. The molecule has 1 heterocycles. The van der Waals surface area contributed by atoms with Gasteiger partial charge in [-0.05, 0) is 12.5 Å². The summed E-state index contributed by atoms with van der Waals surface area (Å²) in [6.07, 6.45) is 0.953. The van der Waals surface area contributed by atoms with Gasteiger partial charge in [-0.1, -0.05) is 11.6 Å². The third kappa shape index (κ3) is 2.33. The van der Waals surface area contributed by atoms with Crippen LogP contribution >= 0.6 is 11.6 Å². The van der Waals surface area contributed by atoms with Gasteiger partial charge in [0.15, 0.2) is 5.82 Å². The van der Waals surface area contributed by atoms with Crippen LogP contribution in [0.5, 0.6) is 0 Å². The second-order valence-corrected chi connectivity index (χ2v) is 4.97. The molecule has 1 saturated heterocycles. The Labute approximate surface area is 111 Å². The van der Waals surface area contributed by atoms with Crippen molar-refractivity contribution in [2.24, 2.45) is 5.92 Å². The first-order valence-corrected chi connectivity index (χ1v) is 6.19. The molecule has 0 aliphatic carbocycles. The van der Waals surface area contributed by atoms with Crippen LogP contribution in [0.1, 0.15) is 6.42 Å². The smallest absolute Gasteiger partial charge is 0.169 e. The maximum absolute atomic E-state index is 14.1. The molecular formula is C12H17ClFN3O. The zero-order valence-electron chi connectivity index (χ0n) is 10.2. The molecule has 6 heteroatoms. The van der Waals surface area contributed by atoms with Crippen LogP contribution in [0.4, 0.5) is 21.5 Å². The van der Waals surface area contributed by atoms with Crippen LogP contribution < -0.4 is 16.4 Å². The van der Waals surface area contributed by atoms with Crippen LogP contribution in [0, 0.1) is 11.7 Å². The molecule has 1 atom stereocenters. The molecule has 0 spiro atoms. The molecule has 4 nitrogen and oxygen atoms in total. The summed E-state index contributed by atoms with van der Waals surface area (Å²) in [5.74, 6) is -0.141. The van der Waals surface area contributed by atoms with Crippen molar-refractivity contribution in [2.75, 3.05) is 43.2 Å². The normalized spacial score (nSPS) is 19.5. The molecule has 1 aromatic carbocycles. The number of halogens is 2. The second kappa shape index (κ2) is 5.20. The lowest BCUT2D eigenvalue weighted by atomic mass is 10.1. The van der Waals surface area contributed by atoms with Crippen LogP contribution in [0.25, 0.3) is 0 Å². The maximum Gasteiger partial charge on any atom is 0.169 e. The van der Waals surface area contributed by atoms with Gasteiger partial charge in [0.2, 0.25) is 0 Å². The Hall–Kier alpha value is -1.20. The van der Waals surface area contributed by atoms with Crippen molar-refractivity contribution in [3.05, 3.63) is 16.9 Å². The van der Waals surface area contributed by atoms with Gasteiger partial charge in [-0.25, -0.2) is 4.39 Å². The Bertz CT molecular complexity index is 455. The highest BCUT2D eigenvalue weighted by Gasteiger charge is 2.27. The largest absolute Gasteiger partial charge is 0.397 e. The molecule has 100 valence electrons. The molecule has 1 aliphatic rings. The zero-order valence-corrected chi connectivity index (χ0v) is 11.0. The fourth-order valence-electron chi connectivity index (χ4n) is 2.39. The van der Waals surface area contributed by atoms with Crippen molar-refractivity contribution < 1.29 is 9.13 Å². The molecule has 1 fully saturated rings. The Morgan fingerprint density at radius 1 is 1.50 bits per heavy atom. The summed E-state index contributed by atoms with van der Waals surface area (Å²) in [7, 11) is 1.66. The molecule has 1 aliphatic heterocycles. The summed E-state index contributed by atoms with van der Waals surface area (Å²) in [5.41, 5.74) is 12.3. The van der Waals surface area contributed by atoms with Gasteiger partial charge >= 0.3 is 0 Å². The first-order chi connectivity index (χ1) is 8.54. The van der Waals surface area contributed by atoms with Gasteiger partial charge in [0.05, 0.1) is 23.7 Å². The highest BCUT2D eigenvalue weighted by atomic mass is 35.5. The van der Waals surface area contributed by atoms with E-state index in [1.54, 1.807) is 7.11 Å². The lowest BCUT2D eigenvalue weighted by Crippen LogP contribution is -2.23.